The summed E-state index contributed by atoms with van der Waals surface area (Å²) in [5.41, 5.74) is 2.37. The average molecular weight is 271 g/mol. The minimum absolute atomic E-state index is 0.0622. The van der Waals surface area contributed by atoms with Crippen molar-refractivity contribution in [3.63, 3.8) is 0 Å². The molecule has 1 aromatic carbocycles. The summed E-state index contributed by atoms with van der Waals surface area (Å²) in [6.45, 7) is 2.55. The Labute approximate surface area is 112 Å². The minimum atomic E-state index is -4.05. The second-order valence-corrected chi connectivity index (χ2v) is 5.29. The molecule has 1 aliphatic rings. The molecule has 0 saturated carbocycles. The molecule has 0 bridgehead atoms. The highest BCUT2D eigenvalue weighted by atomic mass is 19.4. The Morgan fingerprint density at radius 3 is 2.37 bits per heavy atom. The van der Waals surface area contributed by atoms with Crippen molar-refractivity contribution in [2.45, 2.75) is 44.8 Å². The highest BCUT2D eigenvalue weighted by Crippen LogP contribution is 2.34. The predicted octanol–water partition coefficient (Wildman–Crippen LogP) is 3.72. The summed E-state index contributed by atoms with van der Waals surface area (Å²) >= 11 is 0. The average Bonchev–Trinajstić information content (AvgIpc) is 2.39. The van der Waals surface area contributed by atoms with Crippen LogP contribution in [0.2, 0.25) is 0 Å². The van der Waals surface area contributed by atoms with E-state index in [0.29, 0.717) is 13.0 Å². The maximum atomic E-state index is 12.7. The molecular weight excluding hydrogens is 251 g/mol. The van der Waals surface area contributed by atoms with Crippen LogP contribution in [0.4, 0.5) is 13.2 Å². The van der Waals surface area contributed by atoms with Crippen molar-refractivity contribution in [1.82, 2.24) is 5.32 Å². The van der Waals surface area contributed by atoms with Gasteiger partial charge < -0.3 is 5.32 Å². The molecule has 0 amide bonds. The third-order valence-corrected chi connectivity index (χ3v) is 3.87. The van der Waals surface area contributed by atoms with Gasteiger partial charge in [0, 0.05) is 6.04 Å². The fraction of sp³-hybridized carbons (Fsp3) is 0.600. The molecule has 1 nitrogen and oxygen atoms in total. The van der Waals surface area contributed by atoms with Crippen molar-refractivity contribution in [3.8, 4) is 0 Å². The first-order valence-corrected chi connectivity index (χ1v) is 6.87. The molecule has 1 aromatic rings. The van der Waals surface area contributed by atoms with Crippen LogP contribution < -0.4 is 5.32 Å². The van der Waals surface area contributed by atoms with E-state index in [1.807, 2.05) is 12.1 Å². The van der Waals surface area contributed by atoms with E-state index < -0.39 is 12.1 Å². The standard InChI is InChI=1S/C15H20F3N/c1-2-11-3-5-12(6-4-11)9-14-10-13(7-8-19-14)15(16,17)18/h3-6,13-14,19H,2,7-10H2,1H3. The van der Waals surface area contributed by atoms with Gasteiger partial charge in [-0.05, 0) is 43.4 Å². The monoisotopic (exact) mass is 271 g/mol. The van der Waals surface area contributed by atoms with Gasteiger partial charge in [-0.15, -0.1) is 0 Å². The molecule has 0 radical (unpaired) electrons. The van der Waals surface area contributed by atoms with Crippen LogP contribution in [0.5, 0.6) is 0 Å². The van der Waals surface area contributed by atoms with Crippen LogP contribution in [0.3, 0.4) is 0 Å². The Morgan fingerprint density at radius 1 is 1.16 bits per heavy atom. The van der Waals surface area contributed by atoms with E-state index in [1.54, 1.807) is 0 Å². The normalized spacial score (nSPS) is 24.4. The Kier molecular flexibility index (Phi) is 4.50. The van der Waals surface area contributed by atoms with Crippen molar-refractivity contribution in [2.24, 2.45) is 5.92 Å². The SMILES string of the molecule is CCc1ccc(CC2CC(C(F)(F)F)CCN2)cc1. The van der Waals surface area contributed by atoms with E-state index in [9.17, 15) is 13.2 Å². The van der Waals surface area contributed by atoms with Crippen LogP contribution in [0.25, 0.3) is 0 Å². The number of hydrogen-bond acceptors (Lipinski definition) is 1. The molecule has 1 saturated heterocycles. The lowest BCUT2D eigenvalue weighted by atomic mass is 9.88. The number of halogens is 3. The second-order valence-electron chi connectivity index (χ2n) is 5.29. The topological polar surface area (TPSA) is 12.0 Å². The fourth-order valence-electron chi connectivity index (χ4n) is 2.65. The van der Waals surface area contributed by atoms with Crippen LogP contribution in [0.15, 0.2) is 24.3 Å². The fourth-order valence-corrected chi connectivity index (χ4v) is 2.65. The first kappa shape index (κ1) is 14.4. The van der Waals surface area contributed by atoms with E-state index in [4.69, 9.17) is 0 Å². The summed E-state index contributed by atoms with van der Waals surface area (Å²) in [7, 11) is 0. The lowest BCUT2D eigenvalue weighted by molar-refractivity contribution is -0.183. The van der Waals surface area contributed by atoms with Gasteiger partial charge in [0.15, 0.2) is 0 Å². The van der Waals surface area contributed by atoms with E-state index in [1.165, 1.54) is 5.56 Å². The van der Waals surface area contributed by atoms with Crippen molar-refractivity contribution in [1.29, 1.82) is 0 Å². The molecule has 1 aliphatic heterocycles. The maximum Gasteiger partial charge on any atom is 0.391 e. The molecule has 2 rings (SSSR count). The summed E-state index contributed by atoms with van der Waals surface area (Å²) in [5, 5.41) is 3.20. The number of rotatable bonds is 3. The molecule has 1 fully saturated rings. The van der Waals surface area contributed by atoms with Gasteiger partial charge in [0.05, 0.1) is 5.92 Å². The van der Waals surface area contributed by atoms with E-state index in [-0.39, 0.29) is 18.9 Å². The number of benzene rings is 1. The van der Waals surface area contributed by atoms with Gasteiger partial charge in [-0.3, -0.25) is 0 Å². The van der Waals surface area contributed by atoms with Crippen LogP contribution >= 0.6 is 0 Å². The summed E-state index contributed by atoms with van der Waals surface area (Å²) in [5.74, 6) is -1.14. The van der Waals surface area contributed by atoms with Gasteiger partial charge in [0.1, 0.15) is 0 Å². The minimum Gasteiger partial charge on any atom is -0.314 e. The van der Waals surface area contributed by atoms with Crippen LogP contribution in [0, 0.1) is 5.92 Å². The number of piperidine rings is 1. The molecule has 1 N–H and O–H groups in total. The first-order valence-electron chi connectivity index (χ1n) is 6.87. The number of aryl methyl sites for hydroxylation is 1. The zero-order chi connectivity index (χ0) is 13.9. The number of hydrogen-bond donors (Lipinski definition) is 1. The summed E-state index contributed by atoms with van der Waals surface area (Å²) < 4.78 is 38.2. The van der Waals surface area contributed by atoms with E-state index in [2.05, 4.69) is 24.4 Å². The van der Waals surface area contributed by atoms with Crippen LogP contribution in [-0.4, -0.2) is 18.8 Å². The quantitative estimate of drug-likeness (QED) is 0.883. The molecule has 2 atom stereocenters. The van der Waals surface area contributed by atoms with Crippen molar-refractivity contribution < 1.29 is 13.2 Å². The molecule has 106 valence electrons. The largest absolute Gasteiger partial charge is 0.391 e. The summed E-state index contributed by atoms with van der Waals surface area (Å²) in [6.07, 6.45) is -1.99. The van der Waals surface area contributed by atoms with Crippen molar-refractivity contribution in [3.05, 3.63) is 35.4 Å². The zero-order valence-electron chi connectivity index (χ0n) is 11.1. The molecule has 1 heterocycles. The molecule has 2 unspecified atom stereocenters. The molecule has 0 spiro atoms. The van der Waals surface area contributed by atoms with Gasteiger partial charge in [0.25, 0.3) is 0 Å². The van der Waals surface area contributed by atoms with E-state index in [0.717, 1.165) is 12.0 Å². The highest BCUT2D eigenvalue weighted by molar-refractivity contribution is 5.23. The highest BCUT2D eigenvalue weighted by Gasteiger charge is 2.41. The Morgan fingerprint density at radius 2 is 1.79 bits per heavy atom. The van der Waals surface area contributed by atoms with Crippen molar-refractivity contribution >= 4 is 0 Å². The first-order chi connectivity index (χ1) is 8.99. The van der Waals surface area contributed by atoms with Gasteiger partial charge in [-0.2, -0.15) is 13.2 Å². The molecule has 19 heavy (non-hydrogen) atoms. The lowest BCUT2D eigenvalue weighted by Crippen LogP contribution is -2.43. The number of nitrogens with one attached hydrogen (secondary N) is 1. The Balaban J connectivity index is 1.94. The second kappa shape index (κ2) is 5.95. The van der Waals surface area contributed by atoms with Crippen LogP contribution in [0.1, 0.15) is 30.9 Å². The Hall–Kier alpha value is -1.03. The third kappa shape index (κ3) is 3.96. The molecule has 4 heteroatoms. The van der Waals surface area contributed by atoms with Crippen molar-refractivity contribution in [2.75, 3.05) is 6.54 Å². The van der Waals surface area contributed by atoms with Gasteiger partial charge in [0.2, 0.25) is 0 Å². The zero-order valence-corrected chi connectivity index (χ0v) is 11.1. The molecule has 0 aliphatic carbocycles. The predicted molar refractivity (Wildman–Crippen MR) is 70.1 cm³/mol. The number of alkyl halides is 3. The van der Waals surface area contributed by atoms with Gasteiger partial charge in [-0.1, -0.05) is 31.2 Å². The summed E-state index contributed by atoms with van der Waals surface area (Å²) in [6, 6.07) is 8.10. The van der Waals surface area contributed by atoms with Gasteiger partial charge in [-0.25, -0.2) is 0 Å². The third-order valence-electron chi connectivity index (χ3n) is 3.87. The molecule has 0 aromatic heterocycles. The smallest absolute Gasteiger partial charge is 0.314 e. The Bertz CT molecular complexity index is 397. The van der Waals surface area contributed by atoms with Crippen LogP contribution in [-0.2, 0) is 12.8 Å². The van der Waals surface area contributed by atoms with E-state index >= 15 is 0 Å². The lowest BCUT2D eigenvalue weighted by Gasteiger charge is -2.31. The van der Waals surface area contributed by atoms with Gasteiger partial charge >= 0.3 is 6.18 Å². The molecular formula is C15H20F3N. The maximum absolute atomic E-state index is 12.7. The summed E-state index contributed by atoms with van der Waals surface area (Å²) in [4.78, 5) is 0.